The number of carbonyl (C=O) groups is 1. The topological polar surface area (TPSA) is 68.3 Å². The molecule has 3 N–H and O–H groups in total. The first kappa shape index (κ1) is 13.1. The molecule has 0 bridgehead atoms. The lowest BCUT2D eigenvalue weighted by atomic mass is 10.2. The maximum Gasteiger partial charge on any atom is 0.293 e. The normalized spacial score (nSPS) is 10.8. The number of carbonyl (C=O) groups excluding carboxylic acids is 1. The molecule has 3 rings (SSSR count). The van der Waals surface area contributed by atoms with Gasteiger partial charge in [0.05, 0.1) is 5.69 Å². The van der Waals surface area contributed by atoms with Gasteiger partial charge in [0.15, 0.2) is 0 Å². The van der Waals surface area contributed by atoms with Crippen LogP contribution in [0.15, 0.2) is 46.9 Å². The van der Waals surface area contributed by atoms with Crippen molar-refractivity contribution in [2.75, 3.05) is 11.1 Å². The molecule has 0 radical (unpaired) electrons. The molecule has 0 unspecified atom stereocenters. The Morgan fingerprint density at radius 1 is 1.05 bits per heavy atom. The van der Waals surface area contributed by atoms with Gasteiger partial charge < -0.3 is 15.5 Å². The highest BCUT2D eigenvalue weighted by molar-refractivity contribution is 6.11. The summed E-state index contributed by atoms with van der Waals surface area (Å²) < 4.78 is 32.4. The molecule has 1 aromatic heterocycles. The largest absolute Gasteiger partial charge is 0.449 e. The molecule has 0 fully saturated rings. The van der Waals surface area contributed by atoms with Crippen LogP contribution >= 0.6 is 0 Å². The molecule has 0 aliphatic heterocycles. The van der Waals surface area contributed by atoms with E-state index in [4.69, 9.17) is 10.2 Å². The second-order valence-corrected chi connectivity index (χ2v) is 4.39. The van der Waals surface area contributed by atoms with Gasteiger partial charge in [-0.25, -0.2) is 8.78 Å². The quantitative estimate of drug-likeness (QED) is 0.757. The van der Waals surface area contributed by atoms with Gasteiger partial charge in [0, 0.05) is 5.39 Å². The fourth-order valence-corrected chi connectivity index (χ4v) is 2.02. The Hall–Kier alpha value is -2.89. The van der Waals surface area contributed by atoms with Crippen molar-refractivity contribution >= 4 is 28.3 Å². The monoisotopic (exact) mass is 288 g/mol. The van der Waals surface area contributed by atoms with Gasteiger partial charge in [-0.2, -0.15) is 0 Å². The van der Waals surface area contributed by atoms with E-state index in [0.717, 1.165) is 12.1 Å². The third-order valence-electron chi connectivity index (χ3n) is 3.04. The van der Waals surface area contributed by atoms with Crippen molar-refractivity contribution in [2.45, 2.75) is 0 Å². The van der Waals surface area contributed by atoms with Crippen molar-refractivity contribution in [2.24, 2.45) is 0 Å². The zero-order valence-electron chi connectivity index (χ0n) is 10.7. The van der Waals surface area contributed by atoms with Gasteiger partial charge in [0.1, 0.15) is 22.9 Å². The molecule has 0 atom stereocenters. The minimum Gasteiger partial charge on any atom is -0.449 e. The molecule has 106 valence electrons. The van der Waals surface area contributed by atoms with Crippen LogP contribution in [0.5, 0.6) is 0 Å². The van der Waals surface area contributed by atoms with Crippen molar-refractivity contribution in [1.82, 2.24) is 0 Å². The molecular formula is C15H10F2N2O2. The van der Waals surface area contributed by atoms with Crippen LogP contribution in [0.2, 0.25) is 0 Å². The minimum absolute atomic E-state index is 0.125. The van der Waals surface area contributed by atoms with Crippen LogP contribution in [-0.2, 0) is 0 Å². The van der Waals surface area contributed by atoms with Gasteiger partial charge in [-0.15, -0.1) is 0 Å². The molecule has 3 aromatic rings. The lowest BCUT2D eigenvalue weighted by Gasteiger charge is -2.06. The van der Waals surface area contributed by atoms with Gasteiger partial charge in [-0.05, 0) is 24.3 Å². The van der Waals surface area contributed by atoms with Crippen molar-refractivity contribution < 1.29 is 18.0 Å². The molecular weight excluding hydrogens is 278 g/mol. The van der Waals surface area contributed by atoms with Crippen LogP contribution in [0.4, 0.5) is 20.2 Å². The fraction of sp³-hybridized carbons (Fsp3) is 0. The molecule has 1 heterocycles. The van der Waals surface area contributed by atoms with Crippen LogP contribution in [0.25, 0.3) is 11.0 Å². The van der Waals surface area contributed by atoms with Crippen LogP contribution in [-0.4, -0.2) is 5.91 Å². The maximum atomic E-state index is 13.5. The van der Waals surface area contributed by atoms with Gasteiger partial charge in [-0.3, -0.25) is 4.79 Å². The summed E-state index contributed by atoms with van der Waals surface area (Å²) in [6, 6.07) is 10.1. The number of amides is 1. The van der Waals surface area contributed by atoms with Crippen molar-refractivity contribution in [1.29, 1.82) is 0 Å². The number of para-hydroxylation sites is 2. The van der Waals surface area contributed by atoms with Gasteiger partial charge in [-0.1, -0.05) is 18.2 Å². The van der Waals surface area contributed by atoms with Crippen LogP contribution in [0.3, 0.4) is 0 Å². The molecule has 2 aromatic carbocycles. The molecule has 1 amide bonds. The predicted molar refractivity (Wildman–Crippen MR) is 74.9 cm³/mol. The zero-order chi connectivity index (χ0) is 15.0. The second kappa shape index (κ2) is 4.90. The van der Waals surface area contributed by atoms with Crippen molar-refractivity contribution in [3.05, 3.63) is 59.9 Å². The number of nitrogens with one attached hydrogen (secondary N) is 1. The van der Waals surface area contributed by atoms with Crippen molar-refractivity contribution in [3.63, 3.8) is 0 Å². The van der Waals surface area contributed by atoms with E-state index in [2.05, 4.69) is 5.32 Å². The van der Waals surface area contributed by atoms with Crippen LogP contribution in [0.1, 0.15) is 10.6 Å². The van der Waals surface area contributed by atoms with E-state index in [1.165, 1.54) is 6.07 Å². The number of hydrogen-bond donors (Lipinski definition) is 2. The first-order valence-corrected chi connectivity index (χ1v) is 6.10. The molecule has 4 nitrogen and oxygen atoms in total. The number of fused-ring (bicyclic) bond motifs is 1. The number of benzene rings is 2. The number of nitrogen functional groups attached to an aromatic ring is 1. The number of anilines is 2. The highest BCUT2D eigenvalue weighted by atomic mass is 19.1. The number of hydrogen-bond acceptors (Lipinski definition) is 3. The van der Waals surface area contributed by atoms with E-state index in [1.54, 1.807) is 24.3 Å². The molecule has 0 saturated heterocycles. The third kappa shape index (κ3) is 2.20. The molecule has 0 aliphatic rings. The zero-order valence-corrected chi connectivity index (χ0v) is 10.7. The van der Waals surface area contributed by atoms with E-state index in [1.807, 2.05) is 0 Å². The van der Waals surface area contributed by atoms with Gasteiger partial charge in [0.25, 0.3) is 5.91 Å². The first-order valence-electron chi connectivity index (χ1n) is 6.10. The molecule has 6 heteroatoms. The molecule has 0 saturated carbocycles. The Morgan fingerprint density at radius 3 is 2.38 bits per heavy atom. The predicted octanol–water partition coefficient (Wildman–Crippen LogP) is 3.55. The minimum atomic E-state index is -0.877. The number of rotatable bonds is 2. The van der Waals surface area contributed by atoms with E-state index < -0.39 is 23.2 Å². The van der Waals surface area contributed by atoms with Crippen LogP contribution < -0.4 is 11.1 Å². The second-order valence-electron chi connectivity index (χ2n) is 4.39. The Bertz CT molecular complexity index is 823. The molecule has 21 heavy (non-hydrogen) atoms. The van der Waals surface area contributed by atoms with Crippen LogP contribution in [0, 0.1) is 11.6 Å². The average molecular weight is 288 g/mol. The Morgan fingerprint density at radius 2 is 1.71 bits per heavy atom. The summed E-state index contributed by atoms with van der Waals surface area (Å²) in [5.74, 6) is -2.75. The maximum absolute atomic E-state index is 13.5. The highest BCUT2D eigenvalue weighted by Crippen LogP contribution is 2.29. The third-order valence-corrected chi connectivity index (χ3v) is 3.04. The van der Waals surface area contributed by atoms with E-state index in [9.17, 15) is 13.6 Å². The summed E-state index contributed by atoms with van der Waals surface area (Å²) in [5.41, 5.74) is 5.84. The Kier molecular flexibility index (Phi) is 3.06. The van der Waals surface area contributed by atoms with E-state index in [-0.39, 0.29) is 11.4 Å². The molecule has 0 aliphatic carbocycles. The number of nitrogens with two attached hydrogens (primary N) is 1. The lowest BCUT2D eigenvalue weighted by Crippen LogP contribution is -2.15. The highest BCUT2D eigenvalue weighted by Gasteiger charge is 2.20. The summed E-state index contributed by atoms with van der Waals surface area (Å²) in [6.07, 6.45) is 0. The summed E-state index contributed by atoms with van der Waals surface area (Å²) in [5, 5.41) is 2.70. The lowest BCUT2D eigenvalue weighted by molar-refractivity contribution is 0.0998. The molecule has 0 spiro atoms. The summed E-state index contributed by atoms with van der Waals surface area (Å²) in [4.78, 5) is 12.1. The number of halogens is 2. The fourth-order valence-electron chi connectivity index (χ4n) is 2.02. The summed E-state index contributed by atoms with van der Waals surface area (Å²) in [6.45, 7) is 0. The van der Waals surface area contributed by atoms with Crippen molar-refractivity contribution in [3.8, 4) is 0 Å². The summed E-state index contributed by atoms with van der Waals surface area (Å²) in [7, 11) is 0. The first-order chi connectivity index (χ1) is 10.1. The van der Waals surface area contributed by atoms with Gasteiger partial charge in [0.2, 0.25) is 5.76 Å². The SMILES string of the molecule is Nc1c(C(=O)Nc2c(F)cccc2F)oc2ccccc12. The van der Waals surface area contributed by atoms with E-state index >= 15 is 0 Å². The number of furan rings is 1. The van der Waals surface area contributed by atoms with Gasteiger partial charge >= 0.3 is 0 Å². The van der Waals surface area contributed by atoms with E-state index in [0.29, 0.717) is 11.0 Å². The Labute approximate surface area is 118 Å². The standard InChI is InChI=1S/C15H10F2N2O2/c16-9-5-3-6-10(17)13(9)19-15(20)14-12(18)8-4-1-2-7-11(8)21-14/h1-7H,18H2,(H,19,20). The summed E-state index contributed by atoms with van der Waals surface area (Å²) >= 11 is 0. The Balaban J connectivity index is 2.00. The smallest absolute Gasteiger partial charge is 0.293 e. The average Bonchev–Trinajstić information content (AvgIpc) is 2.81.